The van der Waals surface area contributed by atoms with Crippen LogP contribution in [-0.4, -0.2) is 4.43 Å². The molecule has 0 aliphatic heterocycles. The molecule has 0 nitrogen and oxygen atoms in total. The van der Waals surface area contributed by atoms with Crippen LogP contribution < -0.4 is 0 Å². The van der Waals surface area contributed by atoms with Gasteiger partial charge < -0.3 is 0 Å². The van der Waals surface area contributed by atoms with Gasteiger partial charge in [0.1, 0.15) is 0 Å². The van der Waals surface area contributed by atoms with Crippen LogP contribution in [0.5, 0.6) is 0 Å². The Balaban J connectivity index is 2.37. The lowest BCUT2D eigenvalue weighted by molar-refractivity contribution is 0.164. The van der Waals surface area contributed by atoms with E-state index in [0.29, 0.717) is 0 Å². The molecule has 1 aliphatic rings. The van der Waals surface area contributed by atoms with Crippen LogP contribution in [0.15, 0.2) is 0 Å². The Hall–Kier alpha value is 0.730. The molecule has 0 atom stereocenters. The van der Waals surface area contributed by atoms with Crippen molar-refractivity contribution in [2.45, 2.75) is 58.3 Å². The molecule has 0 radical (unpaired) electrons. The first-order valence-corrected chi connectivity index (χ1v) is 6.91. The van der Waals surface area contributed by atoms with Gasteiger partial charge in [-0.2, -0.15) is 0 Å². The van der Waals surface area contributed by atoms with Crippen molar-refractivity contribution in [1.29, 1.82) is 0 Å². The van der Waals surface area contributed by atoms with Gasteiger partial charge in [-0.3, -0.25) is 0 Å². The highest BCUT2D eigenvalue weighted by Gasteiger charge is 2.28. The molecule has 0 bridgehead atoms. The molecule has 1 saturated carbocycles. The van der Waals surface area contributed by atoms with E-state index < -0.39 is 0 Å². The predicted octanol–water partition coefficient (Wildman–Crippen LogP) is 4.56. The van der Waals surface area contributed by atoms with Crippen LogP contribution in [0, 0.1) is 5.41 Å². The smallest absolute Gasteiger partial charge is 0.000452 e. The van der Waals surface area contributed by atoms with Crippen LogP contribution in [0.3, 0.4) is 0 Å². The molecule has 1 fully saturated rings. The number of halogens is 1. The SMILES string of the molecule is CCC1(CCCI)CCCCC1. The van der Waals surface area contributed by atoms with Crippen LogP contribution in [0.2, 0.25) is 0 Å². The molecule has 0 saturated heterocycles. The molecule has 0 aromatic heterocycles. The topological polar surface area (TPSA) is 0 Å². The van der Waals surface area contributed by atoms with Crippen LogP contribution in [-0.2, 0) is 0 Å². The molecule has 0 aromatic carbocycles. The fraction of sp³-hybridized carbons (Fsp3) is 1.00. The first kappa shape index (κ1) is 10.8. The van der Waals surface area contributed by atoms with E-state index in [2.05, 4.69) is 29.5 Å². The van der Waals surface area contributed by atoms with E-state index in [-0.39, 0.29) is 0 Å². The van der Waals surface area contributed by atoms with Gasteiger partial charge in [-0.25, -0.2) is 0 Å². The Kier molecular flexibility index (Phi) is 4.92. The van der Waals surface area contributed by atoms with Crippen molar-refractivity contribution < 1.29 is 0 Å². The molecular formula is C11H21I. The van der Waals surface area contributed by atoms with E-state index in [4.69, 9.17) is 0 Å². The van der Waals surface area contributed by atoms with Crippen molar-refractivity contribution >= 4 is 22.6 Å². The molecule has 1 rings (SSSR count). The van der Waals surface area contributed by atoms with Crippen molar-refractivity contribution in [2.75, 3.05) is 4.43 Å². The fourth-order valence-electron chi connectivity index (χ4n) is 2.52. The average molecular weight is 280 g/mol. The quantitative estimate of drug-likeness (QED) is 0.523. The average Bonchev–Trinajstić information content (AvgIpc) is 2.16. The molecule has 72 valence electrons. The second kappa shape index (κ2) is 5.46. The van der Waals surface area contributed by atoms with Gasteiger partial charge in [0.15, 0.2) is 0 Å². The molecule has 0 amide bonds. The normalized spacial score (nSPS) is 22.5. The predicted molar refractivity (Wildman–Crippen MR) is 63.9 cm³/mol. The Labute approximate surface area is 90.6 Å². The van der Waals surface area contributed by atoms with Gasteiger partial charge in [0.2, 0.25) is 0 Å². The lowest BCUT2D eigenvalue weighted by atomic mass is 9.70. The van der Waals surface area contributed by atoms with Gasteiger partial charge in [0, 0.05) is 0 Å². The van der Waals surface area contributed by atoms with E-state index in [1.54, 1.807) is 0 Å². The Morgan fingerprint density at radius 2 is 1.83 bits per heavy atom. The third kappa shape index (κ3) is 2.90. The van der Waals surface area contributed by atoms with Gasteiger partial charge in [-0.05, 0) is 35.5 Å². The van der Waals surface area contributed by atoms with Crippen LogP contribution in [0.4, 0.5) is 0 Å². The van der Waals surface area contributed by atoms with E-state index in [1.807, 2.05) is 0 Å². The zero-order valence-electron chi connectivity index (χ0n) is 8.24. The Morgan fingerprint density at radius 1 is 1.17 bits per heavy atom. The Morgan fingerprint density at radius 3 is 2.33 bits per heavy atom. The van der Waals surface area contributed by atoms with E-state index in [0.717, 1.165) is 5.41 Å². The highest BCUT2D eigenvalue weighted by atomic mass is 127. The highest BCUT2D eigenvalue weighted by molar-refractivity contribution is 14.1. The first-order valence-electron chi connectivity index (χ1n) is 5.39. The zero-order valence-corrected chi connectivity index (χ0v) is 10.4. The summed E-state index contributed by atoms with van der Waals surface area (Å²) in [5.74, 6) is 0. The number of hydrogen-bond donors (Lipinski definition) is 0. The minimum Gasteiger partial charge on any atom is -0.0864 e. The molecule has 0 aromatic rings. The molecule has 0 N–H and O–H groups in total. The minimum atomic E-state index is 0.767. The monoisotopic (exact) mass is 280 g/mol. The maximum absolute atomic E-state index is 2.51. The third-order valence-electron chi connectivity index (χ3n) is 3.50. The molecule has 0 heterocycles. The van der Waals surface area contributed by atoms with Gasteiger partial charge >= 0.3 is 0 Å². The lowest BCUT2D eigenvalue weighted by Crippen LogP contribution is -2.23. The van der Waals surface area contributed by atoms with Gasteiger partial charge in [0.25, 0.3) is 0 Å². The van der Waals surface area contributed by atoms with Crippen molar-refractivity contribution in [3.05, 3.63) is 0 Å². The van der Waals surface area contributed by atoms with E-state index in [9.17, 15) is 0 Å². The van der Waals surface area contributed by atoms with Crippen molar-refractivity contribution in [1.82, 2.24) is 0 Å². The van der Waals surface area contributed by atoms with E-state index >= 15 is 0 Å². The molecule has 0 unspecified atom stereocenters. The number of alkyl halides is 1. The number of rotatable bonds is 4. The van der Waals surface area contributed by atoms with Crippen LogP contribution in [0.25, 0.3) is 0 Å². The van der Waals surface area contributed by atoms with Crippen molar-refractivity contribution in [3.63, 3.8) is 0 Å². The Bertz CT molecular complexity index is 114. The molecule has 1 heteroatoms. The summed E-state index contributed by atoms with van der Waals surface area (Å²) in [6.07, 6.45) is 11.9. The summed E-state index contributed by atoms with van der Waals surface area (Å²) in [6, 6.07) is 0. The lowest BCUT2D eigenvalue weighted by Gasteiger charge is -2.36. The summed E-state index contributed by atoms with van der Waals surface area (Å²) in [5, 5.41) is 0. The largest absolute Gasteiger partial charge is 0.0864 e. The van der Waals surface area contributed by atoms with Crippen LogP contribution in [0.1, 0.15) is 58.3 Å². The third-order valence-corrected chi connectivity index (χ3v) is 4.27. The highest BCUT2D eigenvalue weighted by Crippen LogP contribution is 2.42. The summed E-state index contributed by atoms with van der Waals surface area (Å²) >= 11 is 2.51. The summed E-state index contributed by atoms with van der Waals surface area (Å²) in [6.45, 7) is 2.39. The van der Waals surface area contributed by atoms with Crippen LogP contribution >= 0.6 is 22.6 Å². The molecule has 0 spiro atoms. The second-order valence-electron chi connectivity index (χ2n) is 4.21. The molecule has 1 aliphatic carbocycles. The fourth-order valence-corrected chi connectivity index (χ4v) is 2.91. The molecular weight excluding hydrogens is 259 g/mol. The number of hydrogen-bond acceptors (Lipinski definition) is 0. The maximum Gasteiger partial charge on any atom is -0.000452 e. The summed E-state index contributed by atoms with van der Waals surface area (Å²) in [5.41, 5.74) is 0.767. The van der Waals surface area contributed by atoms with Crippen molar-refractivity contribution in [3.8, 4) is 0 Å². The summed E-state index contributed by atoms with van der Waals surface area (Å²) in [7, 11) is 0. The summed E-state index contributed by atoms with van der Waals surface area (Å²) in [4.78, 5) is 0. The first-order chi connectivity index (χ1) is 5.83. The van der Waals surface area contributed by atoms with Gasteiger partial charge in [-0.1, -0.05) is 55.2 Å². The standard InChI is InChI=1S/C11H21I/c1-2-11(9-6-10-12)7-4-3-5-8-11/h2-10H2,1H3. The zero-order chi connectivity index (χ0) is 8.86. The van der Waals surface area contributed by atoms with Gasteiger partial charge in [-0.15, -0.1) is 0 Å². The van der Waals surface area contributed by atoms with E-state index in [1.165, 1.54) is 55.8 Å². The maximum atomic E-state index is 2.51. The summed E-state index contributed by atoms with van der Waals surface area (Å²) < 4.78 is 1.35. The van der Waals surface area contributed by atoms with Gasteiger partial charge in [0.05, 0.1) is 0 Å². The second-order valence-corrected chi connectivity index (χ2v) is 5.29. The minimum absolute atomic E-state index is 0.767. The molecule has 12 heavy (non-hydrogen) atoms. The van der Waals surface area contributed by atoms with Crippen molar-refractivity contribution in [2.24, 2.45) is 5.41 Å².